The quantitative estimate of drug-likeness (QED) is 0.185. The number of aryl methyl sites for hydroxylation is 1. The van der Waals surface area contributed by atoms with Gasteiger partial charge < -0.3 is 25.6 Å². The van der Waals surface area contributed by atoms with Crippen LogP contribution in [0.15, 0.2) is 59.5 Å². The van der Waals surface area contributed by atoms with Gasteiger partial charge in [-0.3, -0.25) is 19.3 Å². The molecular formula is C35H42N4O6S. The van der Waals surface area contributed by atoms with Crippen molar-refractivity contribution in [3.8, 4) is 11.1 Å². The van der Waals surface area contributed by atoms with Gasteiger partial charge in [0.2, 0.25) is 5.56 Å². The van der Waals surface area contributed by atoms with Crippen molar-refractivity contribution in [1.29, 1.82) is 0 Å². The summed E-state index contributed by atoms with van der Waals surface area (Å²) in [5, 5.41) is 31.2. The molecule has 1 aliphatic heterocycles. The number of thiophene rings is 1. The van der Waals surface area contributed by atoms with Crippen molar-refractivity contribution in [2.45, 2.75) is 64.7 Å². The average molecular weight is 647 g/mol. The third kappa shape index (κ3) is 7.90. The predicted octanol–water partition coefficient (Wildman–Crippen LogP) is 4.40. The van der Waals surface area contributed by atoms with E-state index < -0.39 is 12.2 Å². The monoisotopic (exact) mass is 646 g/mol. The third-order valence-corrected chi connectivity index (χ3v) is 10.2. The number of carbonyl (C=O) groups is 2. The molecule has 1 fully saturated rings. The van der Waals surface area contributed by atoms with Gasteiger partial charge in [-0.15, -0.1) is 11.3 Å². The van der Waals surface area contributed by atoms with Crippen LogP contribution in [0.1, 0.15) is 66.1 Å². The topological polar surface area (TPSA) is 156 Å². The Balaban J connectivity index is 0.00000134. The van der Waals surface area contributed by atoms with Gasteiger partial charge in [0.1, 0.15) is 4.83 Å². The lowest BCUT2D eigenvalue weighted by Gasteiger charge is -2.34. The van der Waals surface area contributed by atoms with Gasteiger partial charge in [0, 0.05) is 43.0 Å². The Bertz CT molecular complexity index is 1700. The van der Waals surface area contributed by atoms with Crippen LogP contribution < -0.4 is 10.9 Å². The zero-order chi connectivity index (χ0) is 33.0. The Kier molecular flexibility index (Phi) is 10.4. The van der Waals surface area contributed by atoms with Gasteiger partial charge in [-0.1, -0.05) is 45.0 Å². The van der Waals surface area contributed by atoms with Crippen molar-refractivity contribution >= 4 is 33.9 Å². The lowest BCUT2D eigenvalue weighted by atomic mass is 9.71. The van der Waals surface area contributed by atoms with Gasteiger partial charge in [-0.05, 0) is 77.5 Å². The highest BCUT2D eigenvalue weighted by Crippen LogP contribution is 2.38. The number of benzene rings is 1. The second-order valence-corrected chi connectivity index (χ2v) is 14.3. The van der Waals surface area contributed by atoms with Crippen LogP contribution in [0.3, 0.4) is 0 Å². The fraction of sp³-hybridized carbons (Fsp3) is 0.429. The Morgan fingerprint density at radius 3 is 2.41 bits per heavy atom. The summed E-state index contributed by atoms with van der Waals surface area (Å²) in [6.45, 7) is 8.12. The number of carbonyl (C=O) groups excluding carboxylic acids is 1. The number of β-amino-alcohol motifs (C(OH)–C–C–N with tert-alkyl or cyclic N) is 2. The molecule has 0 spiro atoms. The van der Waals surface area contributed by atoms with E-state index in [2.05, 4.69) is 37.1 Å². The fourth-order valence-electron chi connectivity index (χ4n) is 6.37. The van der Waals surface area contributed by atoms with Crippen LogP contribution in [-0.4, -0.2) is 74.4 Å². The molecule has 1 amide bonds. The molecule has 46 heavy (non-hydrogen) atoms. The summed E-state index contributed by atoms with van der Waals surface area (Å²) in [5.41, 5.74) is 5.40. The van der Waals surface area contributed by atoms with Crippen molar-refractivity contribution in [2.75, 3.05) is 19.6 Å². The number of aliphatic hydroxyl groups is 2. The third-order valence-electron chi connectivity index (χ3n) is 9.13. The number of carboxylic acid groups (broad SMARTS) is 1. The van der Waals surface area contributed by atoms with Crippen LogP contribution in [0.5, 0.6) is 0 Å². The number of likely N-dealkylation sites (tertiary alicyclic amines) is 1. The Morgan fingerprint density at radius 1 is 1.11 bits per heavy atom. The van der Waals surface area contributed by atoms with Crippen molar-refractivity contribution in [3.05, 3.63) is 86.8 Å². The molecule has 10 nitrogen and oxygen atoms in total. The first-order valence-corrected chi connectivity index (χ1v) is 16.5. The molecule has 1 aromatic carbocycles. The SMILES string of the molecule is CC(C)(C)[C@H]1CCc2nc3sc(C(=O)N[C@H](CCN4C[C@@H](O)[C@@H](O)C4)c4ccc(-c5ccc(=O)[nH]c5)cc4)cc3cc2C1.O=CO. The van der Waals surface area contributed by atoms with Gasteiger partial charge >= 0.3 is 0 Å². The lowest BCUT2D eigenvalue weighted by Crippen LogP contribution is -2.32. The molecule has 3 aromatic heterocycles. The van der Waals surface area contributed by atoms with Crippen LogP contribution >= 0.6 is 11.3 Å². The molecule has 11 heteroatoms. The van der Waals surface area contributed by atoms with E-state index in [9.17, 15) is 19.8 Å². The number of rotatable bonds is 7. The number of pyridine rings is 2. The summed E-state index contributed by atoms with van der Waals surface area (Å²) in [6, 6.07) is 15.2. The number of aromatic nitrogens is 2. The van der Waals surface area contributed by atoms with Gasteiger partial charge in [0.05, 0.1) is 23.1 Å². The maximum atomic E-state index is 13.7. The van der Waals surface area contributed by atoms with Gasteiger partial charge in [0.15, 0.2) is 0 Å². The first kappa shape index (κ1) is 33.5. The van der Waals surface area contributed by atoms with Crippen molar-refractivity contribution < 1.29 is 24.9 Å². The largest absolute Gasteiger partial charge is 0.483 e. The van der Waals surface area contributed by atoms with Gasteiger partial charge in [-0.25, -0.2) is 4.98 Å². The first-order valence-electron chi connectivity index (χ1n) is 15.6. The molecule has 0 bridgehead atoms. The van der Waals surface area contributed by atoms with E-state index in [4.69, 9.17) is 14.9 Å². The summed E-state index contributed by atoms with van der Waals surface area (Å²) >= 11 is 1.44. The molecule has 2 aliphatic rings. The standard InChI is InChI=1S/C34H40N4O4S.CH2O2/c1-34(2,3)25-9-10-26-23(15-25)14-24-16-30(43-33(24)37-26)32(42)36-27(12-13-38-18-28(39)29(40)19-38)21-6-4-20(5-7-21)22-8-11-31(41)35-17-22;2-1-3/h4-8,11,14,16-17,25,27-29,39-40H,9-10,12-13,15,18-19H2,1-3H3,(H,35,41)(H,36,42);1H,(H,2,3)/t25-,27+,28-,29+;/m0./s1. The minimum atomic E-state index is -0.750. The van der Waals surface area contributed by atoms with Crippen molar-refractivity contribution in [1.82, 2.24) is 20.2 Å². The molecule has 4 aromatic rings. The zero-order valence-corrected chi connectivity index (χ0v) is 27.2. The normalized spacial score (nSPS) is 20.4. The second-order valence-electron chi connectivity index (χ2n) is 13.3. The Morgan fingerprint density at radius 2 is 1.78 bits per heavy atom. The lowest BCUT2D eigenvalue weighted by molar-refractivity contribution is -0.122. The van der Waals surface area contributed by atoms with Crippen LogP contribution in [-0.2, 0) is 17.6 Å². The highest BCUT2D eigenvalue weighted by atomic mass is 32.1. The molecule has 0 unspecified atom stereocenters. The molecule has 1 saturated heterocycles. The number of hydrogen-bond acceptors (Lipinski definition) is 8. The minimum Gasteiger partial charge on any atom is -0.483 e. The maximum Gasteiger partial charge on any atom is 0.290 e. The Hall–Kier alpha value is -3.90. The maximum absolute atomic E-state index is 13.7. The van der Waals surface area contributed by atoms with E-state index in [1.54, 1.807) is 12.3 Å². The smallest absolute Gasteiger partial charge is 0.290 e. The highest BCUT2D eigenvalue weighted by molar-refractivity contribution is 7.20. The molecule has 1 aliphatic carbocycles. The fourth-order valence-corrected chi connectivity index (χ4v) is 7.30. The summed E-state index contributed by atoms with van der Waals surface area (Å²) in [7, 11) is 0. The van der Waals surface area contributed by atoms with Crippen LogP contribution in [0, 0.1) is 11.3 Å². The molecule has 4 atom stereocenters. The molecule has 0 saturated carbocycles. The van der Waals surface area contributed by atoms with E-state index in [1.165, 1.54) is 23.0 Å². The number of nitrogens with one attached hydrogen (secondary N) is 2. The number of aromatic amines is 1. The zero-order valence-electron chi connectivity index (χ0n) is 26.4. The molecule has 6 rings (SSSR count). The van der Waals surface area contributed by atoms with Crippen molar-refractivity contribution in [3.63, 3.8) is 0 Å². The van der Waals surface area contributed by atoms with E-state index in [-0.39, 0.29) is 29.4 Å². The predicted molar refractivity (Wildman–Crippen MR) is 179 cm³/mol. The molecule has 4 heterocycles. The van der Waals surface area contributed by atoms with Crippen LogP contribution in [0.4, 0.5) is 0 Å². The molecule has 5 N–H and O–H groups in total. The van der Waals surface area contributed by atoms with Crippen molar-refractivity contribution in [2.24, 2.45) is 11.3 Å². The number of amides is 1. The highest BCUT2D eigenvalue weighted by Gasteiger charge is 2.31. The number of fused-ring (bicyclic) bond motifs is 2. The first-order chi connectivity index (χ1) is 21.9. The molecule has 244 valence electrons. The Labute approximate surface area is 272 Å². The molecular weight excluding hydrogens is 604 g/mol. The van der Waals surface area contributed by atoms with E-state index >= 15 is 0 Å². The number of aliphatic hydroxyl groups excluding tert-OH is 2. The summed E-state index contributed by atoms with van der Waals surface area (Å²) in [5.74, 6) is 0.486. The number of hydrogen-bond donors (Lipinski definition) is 5. The van der Waals surface area contributed by atoms with Crippen LogP contribution in [0.2, 0.25) is 0 Å². The van der Waals surface area contributed by atoms with Gasteiger partial charge in [0.25, 0.3) is 12.4 Å². The number of nitrogens with zero attached hydrogens (tertiary/aromatic N) is 2. The van der Waals surface area contributed by atoms with E-state index in [0.717, 1.165) is 51.9 Å². The summed E-state index contributed by atoms with van der Waals surface area (Å²) < 4.78 is 0. The number of H-pyrrole nitrogens is 1. The van der Waals surface area contributed by atoms with Crippen LogP contribution in [0.25, 0.3) is 21.3 Å². The average Bonchev–Trinajstić information content (AvgIpc) is 3.59. The minimum absolute atomic E-state index is 0.134. The van der Waals surface area contributed by atoms with Gasteiger partial charge in [-0.2, -0.15) is 0 Å². The second kappa shape index (κ2) is 14.3. The summed E-state index contributed by atoms with van der Waals surface area (Å²) in [4.78, 5) is 44.8. The van der Waals surface area contributed by atoms with E-state index in [1.807, 2.05) is 35.2 Å². The van der Waals surface area contributed by atoms with E-state index in [0.29, 0.717) is 36.9 Å². The summed E-state index contributed by atoms with van der Waals surface area (Å²) in [6.07, 6.45) is 3.95. The molecule has 0 radical (unpaired) electrons.